The van der Waals surface area contributed by atoms with Crippen LogP contribution >= 0.6 is 0 Å². The number of rotatable bonds is 4. The van der Waals surface area contributed by atoms with Crippen molar-refractivity contribution >= 4 is 10.1 Å². The van der Waals surface area contributed by atoms with Crippen molar-refractivity contribution in [3.8, 4) is 6.07 Å². The second-order valence-electron chi connectivity index (χ2n) is 5.65. The number of aromatic nitrogens is 3. The van der Waals surface area contributed by atoms with E-state index in [2.05, 4.69) is 15.0 Å². The van der Waals surface area contributed by atoms with Gasteiger partial charge in [0, 0.05) is 32.6 Å². The number of nitriles is 1. The Morgan fingerprint density at radius 2 is 1.15 bits per heavy atom. The molecule has 0 saturated carbocycles. The molecular weight excluding hydrogens is 513 g/mol. The molecule has 0 saturated heterocycles. The van der Waals surface area contributed by atoms with Gasteiger partial charge >= 0.3 is 22.6 Å². The Kier molecular flexibility index (Phi) is 12.4. The fourth-order valence-electron chi connectivity index (χ4n) is 2.42. The number of alkyl halides is 3. The molecule has 3 heterocycles. The number of methoxy groups -OCH3 is 1. The maximum absolute atomic E-state index is 10.7. The Hall–Kier alpha value is -2.88. The molecule has 0 spiro atoms. The SMILES string of the molecule is CC#N.COC(c1ccccn1)(c1ccccn1)c1ccccn1.O=S(=O)([O-])C(F)(F)F.[Cu+]. The van der Waals surface area contributed by atoms with Gasteiger partial charge in [0.25, 0.3) is 0 Å². The van der Waals surface area contributed by atoms with Crippen LogP contribution in [0.1, 0.15) is 24.0 Å². The molecule has 0 bridgehead atoms. The van der Waals surface area contributed by atoms with E-state index in [-0.39, 0.29) is 17.1 Å². The molecule has 0 aliphatic rings. The predicted molar refractivity (Wildman–Crippen MR) is 107 cm³/mol. The number of hydrogen-bond donors (Lipinski definition) is 0. The van der Waals surface area contributed by atoms with Gasteiger partial charge in [0.2, 0.25) is 0 Å². The molecule has 13 heteroatoms. The van der Waals surface area contributed by atoms with E-state index in [0.717, 1.165) is 17.1 Å². The maximum atomic E-state index is 10.7. The number of nitrogens with zero attached hydrogens (tertiary/aromatic N) is 4. The van der Waals surface area contributed by atoms with Gasteiger partial charge in [-0.25, -0.2) is 8.42 Å². The molecule has 0 atom stereocenters. The zero-order chi connectivity index (χ0) is 24.3. The third-order valence-electron chi connectivity index (χ3n) is 3.67. The van der Waals surface area contributed by atoms with Crippen molar-refractivity contribution in [2.24, 2.45) is 0 Å². The monoisotopic (exact) mass is 530 g/mol. The van der Waals surface area contributed by atoms with Gasteiger partial charge in [-0.15, -0.1) is 0 Å². The zero-order valence-corrected chi connectivity index (χ0v) is 19.0. The molecule has 0 fully saturated rings. The average Bonchev–Trinajstić information content (AvgIpc) is 2.77. The largest absolute Gasteiger partial charge is 1.00 e. The van der Waals surface area contributed by atoms with Crippen molar-refractivity contribution in [2.75, 3.05) is 7.11 Å². The van der Waals surface area contributed by atoms with Crippen LogP contribution in [0.3, 0.4) is 0 Å². The standard InChI is InChI=1S/C17H15N3O.C2H3N.CHF3O3S.Cu/c1-21-17(14-8-2-5-11-18-14,15-9-3-6-12-19-15)16-10-4-7-13-20-16;1-2-3;2-1(3,4)8(5,6)7;/h2-13H,1H3;1H3;(H,5,6,7);/q;;;+1/p-1. The van der Waals surface area contributed by atoms with Crippen molar-refractivity contribution in [2.45, 2.75) is 18.0 Å². The predicted octanol–water partition coefficient (Wildman–Crippen LogP) is 3.39. The summed E-state index contributed by atoms with van der Waals surface area (Å²) in [5.41, 5.74) is -4.30. The Morgan fingerprint density at radius 3 is 1.30 bits per heavy atom. The van der Waals surface area contributed by atoms with Crippen LogP contribution < -0.4 is 0 Å². The number of hydrogen-bond acceptors (Lipinski definition) is 8. The summed E-state index contributed by atoms with van der Waals surface area (Å²) in [6.07, 6.45) is 5.24. The van der Waals surface area contributed by atoms with E-state index in [4.69, 9.17) is 23.0 Å². The van der Waals surface area contributed by atoms with E-state index in [1.807, 2.05) is 54.6 Å². The summed E-state index contributed by atoms with van der Waals surface area (Å²) in [7, 11) is -4.44. The van der Waals surface area contributed by atoms with Gasteiger partial charge in [0.15, 0.2) is 15.7 Å². The van der Waals surface area contributed by atoms with Crippen molar-refractivity contribution in [3.63, 3.8) is 0 Å². The number of ether oxygens (including phenoxy) is 1. The molecule has 33 heavy (non-hydrogen) atoms. The minimum Gasteiger partial charge on any atom is -0.741 e. The van der Waals surface area contributed by atoms with Crippen LogP contribution in [0.5, 0.6) is 0 Å². The fourth-order valence-corrected chi connectivity index (χ4v) is 2.42. The first kappa shape index (κ1) is 30.1. The Morgan fingerprint density at radius 1 is 0.879 bits per heavy atom. The van der Waals surface area contributed by atoms with Gasteiger partial charge in [-0.3, -0.25) is 15.0 Å². The molecule has 8 nitrogen and oxygen atoms in total. The van der Waals surface area contributed by atoms with Crippen LogP contribution in [-0.4, -0.2) is 40.5 Å². The molecule has 0 aromatic carbocycles. The fraction of sp³-hybridized carbons (Fsp3) is 0.200. The first-order valence-corrected chi connectivity index (χ1v) is 10.1. The summed E-state index contributed by atoms with van der Waals surface area (Å²) in [6, 6.07) is 18.9. The summed E-state index contributed by atoms with van der Waals surface area (Å²) < 4.78 is 64.8. The molecule has 0 N–H and O–H groups in total. The molecular formula is C20H18CuF3N4O4S. The van der Waals surface area contributed by atoms with E-state index in [9.17, 15) is 13.2 Å². The van der Waals surface area contributed by atoms with Crippen LogP contribution in [0.15, 0.2) is 73.2 Å². The quantitative estimate of drug-likeness (QED) is 0.285. The molecule has 0 aliphatic carbocycles. The van der Waals surface area contributed by atoms with Gasteiger partial charge in [0.1, 0.15) is 0 Å². The van der Waals surface area contributed by atoms with E-state index >= 15 is 0 Å². The van der Waals surface area contributed by atoms with E-state index in [1.165, 1.54) is 6.92 Å². The number of halogens is 3. The van der Waals surface area contributed by atoms with Crippen molar-refractivity contribution in [3.05, 3.63) is 90.3 Å². The van der Waals surface area contributed by atoms with Crippen LogP contribution in [0.2, 0.25) is 0 Å². The topological polar surface area (TPSA) is 129 Å². The summed E-state index contributed by atoms with van der Waals surface area (Å²) in [5, 5.41) is 7.32. The Balaban J connectivity index is 0.000000724. The normalized spacial score (nSPS) is 10.8. The minimum absolute atomic E-state index is 0. The van der Waals surface area contributed by atoms with Crippen molar-refractivity contribution in [1.82, 2.24) is 15.0 Å². The molecule has 180 valence electrons. The molecule has 3 aromatic heterocycles. The molecule has 3 rings (SSSR count). The first-order chi connectivity index (χ1) is 15.0. The third kappa shape index (κ3) is 8.20. The van der Waals surface area contributed by atoms with Gasteiger partial charge in [0.05, 0.1) is 23.2 Å². The molecule has 0 aliphatic heterocycles. The zero-order valence-electron chi connectivity index (χ0n) is 17.2. The Labute approximate surface area is 199 Å². The van der Waals surface area contributed by atoms with Gasteiger partial charge in [-0.1, -0.05) is 18.2 Å². The summed E-state index contributed by atoms with van der Waals surface area (Å²) >= 11 is 0. The second-order valence-corrected chi connectivity index (χ2v) is 7.02. The van der Waals surface area contributed by atoms with Crippen LogP contribution in [0.4, 0.5) is 13.2 Å². The number of pyridine rings is 3. The van der Waals surface area contributed by atoms with Crippen LogP contribution in [0.25, 0.3) is 0 Å². The average molecular weight is 531 g/mol. The van der Waals surface area contributed by atoms with E-state index in [0.29, 0.717) is 0 Å². The van der Waals surface area contributed by atoms with Gasteiger partial charge in [-0.05, 0) is 36.4 Å². The first-order valence-electron chi connectivity index (χ1n) is 8.67. The minimum atomic E-state index is -6.09. The Bertz CT molecular complexity index is 1000. The van der Waals surface area contributed by atoms with Crippen LogP contribution in [-0.2, 0) is 37.5 Å². The second kappa shape index (κ2) is 13.6. The summed E-state index contributed by atoms with van der Waals surface area (Å²) in [4.78, 5) is 13.4. The van der Waals surface area contributed by atoms with E-state index in [1.54, 1.807) is 31.8 Å². The van der Waals surface area contributed by atoms with Crippen molar-refractivity contribution in [1.29, 1.82) is 5.26 Å². The summed E-state index contributed by atoms with van der Waals surface area (Å²) in [6.45, 7) is 1.43. The third-order valence-corrected chi connectivity index (χ3v) is 4.23. The van der Waals surface area contributed by atoms with Crippen molar-refractivity contribution < 1.29 is 47.9 Å². The van der Waals surface area contributed by atoms with E-state index < -0.39 is 21.2 Å². The smallest absolute Gasteiger partial charge is 0.741 e. The molecule has 0 unspecified atom stereocenters. The van der Waals surface area contributed by atoms with Gasteiger partial charge < -0.3 is 9.29 Å². The molecule has 0 radical (unpaired) electrons. The van der Waals surface area contributed by atoms with Gasteiger partial charge in [-0.2, -0.15) is 18.4 Å². The maximum Gasteiger partial charge on any atom is 1.00 e. The van der Waals surface area contributed by atoms with Crippen LogP contribution in [0, 0.1) is 11.3 Å². The molecule has 0 amide bonds. The summed E-state index contributed by atoms with van der Waals surface area (Å²) in [5.74, 6) is 0. The molecule has 3 aromatic rings.